The van der Waals surface area contributed by atoms with Gasteiger partial charge in [0.2, 0.25) is 0 Å². The van der Waals surface area contributed by atoms with Gasteiger partial charge >= 0.3 is 6.18 Å². The maximum Gasteiger partial charge on any atom is 0.417 e. The van der Waals surface area contributed by atoms with Gasteiger partial charge < -0.3 is 10.1 Å². The van der Waals surface area contributed by atoms with Gasteiger partial charge in [0.15, 0.2) is 0 Å². The Kier molecular flexibility index (Phi) is 4.70. The molecule has 3 nitrogen and oxygen atoms in total. The van der Waals surface area contributed by atoms with Crippen LogP contribution in [0.3, 0.4) is 0 Å². The van der Waals surface area contributed by atoms with Crippen LogP contribution in [-0.4, -0.2) is 25.2 Å². The van der Waals surface area contributed by atoms with E-state index in [1.807, 2.05) is 0 Å². The SMILES string of the molecule is O=C(NC1CCOCC1)c1ccc(Br)cc1C(F)(F)F. The molecule has 1 aliphatic rings. The van der Waals surface area contributed by atoms with Crippen molar-refractivity contribution in [2.45, 2.75) is 25.1 Å². The molecule has 1 N–H and O–H groups in total. The summed E-state index contributed by atoms with van der Waals surface area (Å²) in [5.41, 5.74) is -1.29. The van der Waals surface area contributed by atoms with Gasteiger partial charge in [0.1, 0.15) is 0 Å². The molecule has 0 aromatic heterocycles. The number of hydrogen-bond acceptors (Lipinski definition) is 2. The molecule has 0 aliphatic carbocycles. The fraction of sp³-hybridized carbons (Fsp3) is 0.462. The van der Waals surface area contributed by atoms with Crippen molar-refractivity contribution in [3.63, 3.8) is 0 Å². The average Bonchev–Trinajstić information content (AvgIpc) is 2.38. The summed E-state index contributed by atoms with van der Waals surface area (Å²) >= 11 is 2.99. The Labute approximate surface area is 122 Å². The molecule has 1 fully saturated rings. The predicted octanol–water partition coefficient (Wildman–Crippen LogP) is 3.38. The van der Waals surface area contributed by atoms with Crippen LogP contribution in [0.2, 0.25) is 0 Å². The standard InChI is InChI=1S/C13H13BrF3NO2/c14-8-1-2-10(11(7-8)13(15,16)17)12(19)18-9-3-5-20-6-4-9/h1-2,7,9H,3-6H2,(H,18,19). The molecule has 1 aliphatic heterocycles. The lowest BCUT2D eigenvalue weighted by Crippen LogP contribution is -2.39. The molecule has 1 aromatic carbocycles. The van der Waals surface area contributed by atoms with Crippen LogP contribution in [0.1, 0.15) is 28.8 Å². The second-order valence-electron chi connectivity index (χ2n) is 4.55. The van der Waals surface area contributed by atoms with Crippen molar-refractivity contribution in [1.29, 1.82) is 0 Å². The quantitative estimate of drug-likeness (QED) is 0.886. The van der Waals surface area contributed by atoms with Gasteiger partial charge in [0.05, 0.1) is 11.1 Å². The number of benzene rings is 1. The Morgan fingerprint density at radius 1 is 1.30 bits per heavy atom. The first-order chi connectivity index (χ1) is 9.38. The molecule has 0 radical (unpaired) electrons. The summed E-state index contributed by atoms with van der Waals surface area (Å²) in [5.74, 6) is -0.697. The third kappa shape index (κ3) is 3.73. The maximum absolute atomic E-state index is 12.9. The van der Waals surface area contributed by atoms with Gasteiger partial charge in [-0.2, -0.15) is 13.2 Å². The van der Waals surface area contributed by atoms with Crippen LogP contribution in [-0.2, 0) is 10.9 Å². The van der Waals surface area contributed by atoms with Crippen molar-refractivity contribution in [3.05, 3.63) is 33.8 Å². The molecule has 20 heavy (non-hydrogen) atoms. The summed E-state index contributed by atoms with van der Waals surface area (Å²) in [6.45, 7) is 1.02. The topological polar surface area (TPSA) is 38.3 Å². The van der Waals surface area contributed by atoms with E-state index >= 15 is 0 Å². The zero-order valence-corrected chi connectivity index (χ0v) is 12.1. The van der Waals surface area contributed by atoms with Gasteiger partial charge in [-0.25, -0.2) is 0 Å². The third-order valence-electron chi connectivity index (χ3n) is 3.09. The van der Waals surface area contributed by atoms with Crippen LogP contribution in [0.4, 0.5) is 13.2 Å². The fourth-order valence-corrected chi connectivity index (χ4v) is 2.42. The van der Waals surface area contributed by atoms with Gasteiger partial charge in [-0.3, -0.25) is 4.79 Å². The van der Waals surface area contributed by atoms with Crippen LogP contribution < -0.4 is 5.32 Å². The molecule has 0 unspecified atom stereocenters. The number of ether oxygens (including phenoxy) is 1. The van der Waals surface area contributed by atoms with E-state index < -0.39 is 17.6 Å². The van der Waals surface area contributed by atoms with E-state index in [1.165, 1.54) is 12.1 Å². The highest BCUT2D eigenvalue weighted by atomic mass is 79.9. The van der Waals surface area contributed by atoms with Gasteiger partial charge in [-0.15, -0.1) is 0 Å². The van der Waals surface area contributed by atoms with Crippen LogP contribution in [0.5, 0.6) is 0 Å². The molecule has 1 aromatic rings. The Morgan fingerprint density at radius 3 is 2.55 bits per heavy atom. The molecule has 0 spiro atoms. The number of carbonyl (C=O) groups is 1. The third-order valence-corrected chi connectivity index (χ3v) is 3.58. The molecule has 1 amide bonds. The summed E-state index contributed by atoms with van der Waals surface area (Å²) < 4.78 is 44.3. The summed E-state index contributed by atoms with van der Waals surface area (Å²) in [7, 11) is 0. The average molecular weight is 352 g/mol. The van der Waals surface area contributed by atoms with E-state index in [4.69, 9.17) is 4.74 Å². The number of amides is 1. The van der Waals surface area contributed by atoms with Crippen molar-refractivity contribution >= 4 is 21.8 Å². The zero-order valence-electron chi connectivity index (χ0n) is 10.5. The van der Waals surface area contributed by atoms with Gasteiger partial charge in [0.25, 0.3) is 5.91 Å². The van der Waals surface area contributed by atoms with Crippen LogP contribution >= 0.6 is 15.9 Å². The minimum atomic E-state index is -4.56. The first-order valence-corrected chi connectivity index (χ1v) is 6.92. The molecule has 0 bridgehead atoms. The number of halogens is 4. The van der Waals surface area contributed by atoms with Crippen LogP contribution in [0.15, 0.2) is 22.7 Å². The molecule has 0 atom stereocenters. The predicted molar refractivity (Wildman–Crippen MR) is 70.5 cm³/mol. The van der Waals surface area contributed by atoms with Gasteiger partial charge in [-0.1, -0.05) is 15.9 Å². The van der Waals surface area contributed by atoms with Gasteiger partial charge in [0, 0.05) is 23.7 Å². The number of nitrogens with one attached hydrogen (secondary N) is 1. The molecule has 1 saturated heterocycles. The Balaban J connectivity index is 2.20. The smallest absolute Gasteiger partial charge is 0.381 e. The highest BCUT2D eigenvalue weighted by molar-refractivity contribution is 9.10. The number of hydrogen-bond donors (Lipinski definition) is 1. The molecular formula is C13H13BrF3NO2. The van der Waals surface area contributed by atoms with Crippen LogP contribution in [0, 0.1) is 0 Å². The van der Waals surface area contributed by atoms with E-state index in [9.17, 15) is 18.0 Å². The lowest BCUT2D eigenvalue weighted by atomic mass is 10.0. The summed E-state index contributed by atoms with van der Waals surface area (Å²) in [6, 6.07) is 3.38. The van der Waals surface area contributed by atoms with Gasteiger partial charge in [-0.05, 0) is 31.0 Å². The number of rotatable bonds is 2. The fourth-order valence-electron chi connectivity index (χ4n) is 2.05. The lowest BCUT2D eigenvalue weighted by Gasteiger charge is -2.24. The molecular weight excluding hydrogens is 339 g/mol. The highest BCUT2D eigenvalue weighted by Gasteiger charge is 2.35. The Hall–Kier alpha value is -1.08. The van der Waals surface area contributed by atoms with E-state index in [1.54, 1.807) is 0 Å². The maximum atomic E-state index is 12.9. The summed E-state index contributed by atoms with van der Waals surface area (Å²) in [4.78, 5) is 12.0. The Morgan fingerprint density at radius 2 is 1.95 bits per heavy atom. The summed E-state index contributed by atoms with van der Waals surface area (Å²) in [6.07, 6.45) is -3.33. The van der Waals surface area contributed by atoms with E-state index in [0.29, 0.717) is 26.1 Å². The van der Waals surface area contributed by atoms with Crippen molar-refractivity contribution in [1.82, 2.24) is 5.32 Å². The lowest BCUT2D eigenvalue weighted by molar-refractivity contribution is -0.138. The summed E-state index contributed by atoms with van der Waals surface area (Å²) in [5, 5.41) is 2.63. The van der Waals surface area contributed by atoms with Crippen molar-refractivity contribution in [2.75, 3.05) is 13.2 Å². The monoisotopic (exact) mass is 351 g/mol. The molecule has 0 saturated carbocycles. The minimum Gasteiger partial charge on any atom is -0.381 e. The number of alkyl halides is 3. The highest BCUT2D eigenvalue weighted by Crippen LogP contribution is 2.34. The first kappa shape index (κ1) is 15.3. The first-order valence-electron chi connectivity index (χ1n) is 6.13. The van der Waals surface area contributed by atoms with Crippen LogP contribution in [0.25, 0.3) is 0 Å². The normalized spacial score (nSPS) is 17.0. The van der Waals surface area contributed by atoms with Crippen molar-refractivity contribution < 1.29 is 22.7 Å². The van der Waals surface area contributed by atoms with E-state index in [2.05, 4.69) is 21.2 Å². The second-order valence-corrected chi connectivity index (χ2v) is 5.46. The molecule has 7 heteroatoms. The molecule has 110 valence electrons. The van der Waals surface area contributed by atoms with E-state index in [-0.39, 0.29) is 16.1 Å². The minimum absolute atomic E-state index is 0.138. The van der Waals surface area contributed by atoms with Crippen molar-refractivity contribution in [2.24, 2.45) is 0 Å². The molecule has 2 rings (SSSR count). The van der Waals surface area contributed by atoms with E-state index in [0.717, 1.165) is 6.07 Å². The van der Waals surface area contributed by atoms with Crippen molar-refractivity contribution in [3.8, 4) is 0 Å². The second kappa shape index (κ2) is 6.13. The zero-order chi connectivity index (χ0) is 14.8. The number of carbonyl (C=O) groups excluding carboxylic acids is 1. The molecule has 1 heterocycles. The largest absolute Gasteiger partial charge is 0.417 e. The Bertz CT molecular complexity index is 499.